The van der Waals surface area contributed by atoms with Crippen molar-refractivity contribution in [3.8, 4) is 0 Å². The molecule has 1 fully saturated rings. The molecule has 2 atom stereocenters. The quantitative estimate of drug-likeness (QED) is 0.427. The highest BCUT2D eigenvalue weighted by atomic mass is 16.2. The molecule has 1 saturated heterocycles. The molecular weight excluding hydrogens is 114 g/mol. The van der Waals surface area contributed by atoms with Gasteiger partial charge in [0, 0.05) is 12.5 Å². The maximum absolute atomic E-state index is 10.4. The van der Waals surface area contributed by atoms with Crippen molar-refractivity contribution >= 4 is 5.91 Å². The van der Waals surface area contributed by atoms with E-state index in [1.54, 1.807) is 0 Å². The lowest BCUT2D eigenvalue weighted by molar-refractivity contribution is -0.128. The molecule has 9 heavy (non-hydrogen) atoms. The summed E-state index contributed by atoms with van der Waals surface area (Å²) < 4.78 is 0. The number of nitrogens with one attached hydrogen (secondary N) is 1. The Morgan fingerprint density at radius 1 is 2.00 bits per heavy atom. The van der Waals surface area contributed by atoms with Gasteiger partial charge in [0.05, 0.1) is 0 Å². The number of carbonyl (C=O) groups excluding carboxylic acids is 1. The van der Waals surface area contributed by atoms with Gasteiger partial charge in [-0.3, -0.25) is 4.79 Å². The number of β-lactam (4-membered cyclic amide) rings is 1. The molecule has 1 aliphatic heterocycles. The topological polar surface area (TPSA) is 29.1 Å². The molecule has 1 N–H and O–H groups in total. The second kappa shape index (κ2) is 2.21. The first-order valence-corrected chi connectivity index (χ1v) is 3.16. The van der Waals surface area contributed by atoms with E-state index in [9.17, 15) is 4.79 Å². The van der Waals surface area contributed by atoms with Gasteiger partial charge in [-0.2, -0.15) is 0 Å². The van der Waals surface area contributed by atoms with Crippen LogP contribution in [0.15, 0.2) is 12.7 Å². The Hall–Kier alpha value is -0.790. The van der Waals surface area contributed by atoms with E-state index >= 15 is 0 Å². The molecule has 2 nitrogen and oxygen atoms in total. The zero-order valence-corrected chi connectivity index (χ0v) is 5.55. The Labute approximate surface area is 54.9 Å². The highest BCUT2D eigenvalue weighted by Crippen LogP contribution is 2.14. The van der Waals surface area contributed by atoms with E-state index in [2.05, 4.69) is 18.8 Å². The fraction of sp³-hybridized carbons (Fsp3) is 0.571. The normalized spacial score (nSPS) is 28.1. The van der Waals surface area contributed by atoms with Gasteiger partial charge in [-0.25, -0.2) is 0 Å². The third-order valence-electron chi connectivity index (χ3n) is 1.76. The second-order valence-electron chi connectivity index (χ2n) is 2.47. The van der Waals surface area contributed by atoms with Crippen LogP contribution < -0.4 is 5.32 Å². The summed E-state index contributed by atoms with van der Waals surface area (Å²) in [7, 11) is 0. The van der Waals surface area contributed by atoms with Gasteiger partial charge >= 0.3 is 0 Å². The molecule has 1 aliphatic rings. The van der Waals surface area contributed by atoms with Crippen LogP contribution in [0.2, 0.25) is 0 Å². The van der Waals surface area contributed by atoms with Crippen molar-refractivity contribution in [3.63, 3.8) is 0 Å². The number of hydrogen-bond donors (Lipinski definition) is 1. The molecule has 0 spiro atoms. The van der Waals surface area contributed by atoms with Crippen LogP contribution in [0.1, 0.15) is 13.3 Å². The van der Waals surface area contributed by atoms with E-state index in [-0.39, 0.29) is 5.91 Å². The summed E-state index contributed by atoms with van der Waals surface area (Å²) in [5.41, 5.74) is 0. The van der Waals surface area contributed by atoms with E-state index in [0.29, 0.717) is 18.4 Å². The molecule has 0 radical (unpaired) electrons. The van der Waals surface area contributed by atoms with Crippen LogP contribution in [-0.4, -0.2) is 11.9 Å². The summed E-state index contributed by atoms with van der Waals surface area (Å²) >= 11 is 0. The molecule has 0 saturated carbocycles. The van der Waals surface area contributed by atoms with Crippen LogP contribution in [0.4, 0.5) is 0 Å². The lowest BCUT2D eigenvalue weighted by Crippen LogP contribution is -2.51. The van der Waals surface area contributed by atoms with Crippen molar-refractivity contribution in [2.45, 2.75) is 19.4 Å². The van der Waals surface area contributed by atoms with Crippen molar-refractivity contribution in [1.82, 2.24) is 5.32 Å². The zero-order valence-electron chi connectivity index (χ0n) is 5.55. The smallest absolute Gasteiger partial charge is 0.222 e. The average Bonchev–Trinajstić information content (AvgIpc) is 1.79. The van der Waals surface area contributed by atoms with Crippen molar-refractivity contribution in [2.24, 2.45) is 5.92 Å². The maximum atomic E-state index is 10.4. The molecule has 0 aromatic heterocycles. The van der Waals surface area contributed by atoms with Gasteiger partial charge in [-0.15, -0.1) is 6.58 Å². The van der Waals surface area contributed by atoms with E-state index in [0.717, 1.165) is 0 Å². The summed E-state index contributed by atoms with van der Waals surface area (Å²) in [5, 5.41) is 2.78. The predicted molar refractivity (Wildman–Crippen MR) is 35.9 cm³/mol. The number of hydrogen-bond acceptors (Lipinski definition) is 1. The fourth-order valence-electron chi connectivity index (χ4n) is 0.867. The van der Waals surface area contributed by atoms with Crippen LogP contribution in [-0.2, 0) is 4.79 Å². The van der Waals surface area contributed by atoms with E-state index in [1.165, 1.54) is 0 Å². The van der Waals surface area contributed by atoms with Crippen molar-refractivity contribution in [2.75, 3.05) is 0 Å². The minimum atomic E-state index is 0.161. The van der Waals surface area contributed by atoms with Gasteiger partial charge in [0.2, 0.25) is 5.91 Å². The molecule has 1 rings (SSSR count). The van der Waals surface area contributed by atoms with E-state index < -0.39 is 0 Å². The van der Waals surface area contributed by atoms with Crippen molar-refractivity contribution in [3.05, 3.63) is 12.7 Å². The number of rotatable bonds is 2. The molecule has 2 heteroatoms. The van der Waals surface area contributed by atoms with Gasteiger partial charge in [0.1, 0.15) is 0 Å². The standard InChI is InChI=1S/C7H11NO/c1-3-5(2)6-4-7(9)8-6/h3,5-6H,1,4H2,2H3,(H,8,9)/t5-,6-/m0/s1. The summed E-state index contributed by atoms with van der Waals surface area (Å²) in [6, 6.07) is 0.356. The molecule has 1 amide bonds. The SMILES string of the molecule is C=C[C@H](C)[C@@H]1CC(=O)N1. The molecule has 1 heterocycles. The highest BCUT2D eigenvalue weighted by molar-refractivity contribution is 5.82. The van der Waals surface area contributed by atoms with Gasteiger partial charge in [0.25, 0.3) is 0 Å². The Morgan fingerprint density at radius 3 is 2.89 bits per heavy atom. The van der Waals surface area contributed by atoms with Crippen LogP contribution in [0.25, 0.3) is 0 Å². The van der Waals surface area contributed by atoms with Gasteiger partial charge in [-0.1, -0.05) is 13.0 Å². The first-order valence-electron chi connectivity index (χ1n) is 3.16. The Morgan fingerprint density at radius 2 is 2.56 bits per heavy atom. The summed E-state index contributed by atoms with van der Waals surface area (Å²) in [6.07, 6.45) is 2.54. The minimum absolute atomic E-state index is 0.161. The van der Waals surface area contributed by atoms with E-state index in [1.807, 2.05) is 6.08 Å². The average molecular weight is 125 g/mol. The van der Waals surface area contributed by atoms with Gasteiger partial charge < -0.3 is 5.32 Å². The first-order chi connectivity index (χ1) is 4.24. The summed E-state index contributed by atoms with van der Waals surface area (Å²) in [5.74, 6) is 0.580. The third-order valence-corrected chi connectivity index (χ3v) is 1.76. The molecule has 0 unspecified atom stereocenters. The highest BCUT2D eigenvalue weighted by Gasteiger charge is 2.28. The molecule has 0 bridgehead atoms. The molecular formula is C7H11NO. The largest absolute Gasteiger partial charge is 0.352 e. The van der Waals surface area contributed by atoms with Crippen LogP contribution in [0.5, 0.6) is 0 Å². The maximum Gasteiger partial charge on any atom is 0.222 e. The number of carbonyl (C=O) groups is 1. The van der Waals surface area contributed by atoms with Gasteiger partial charge in [-0.05, 0) is 5.92 Å². The van der Waals surface area contributed by atoms with Crippen LogP contribution in [0.3, 0.4) is 0 Å². The van der Waals surface area contributed by atoms with Crippen LogP contribution in [0, 0.1) is 5.92 Å². The summed E-state index contributed by atoms with van der Waals surface area (Å²) in [6.45, 7) is 5.69. The Bertz CT molecular complexity index is 134. The predicted octanol–water partition coefficient (Wildman–Crippen LogP) is 0.697. The molecule has 0 aliphatic carbocycles. The van der Waals surface area contributed by atoms with Crippen LogP contribution >= 0.6 is 0 Å². The Balaban J connectivity index is 2.30. The first kappa shape index (κ1) is 6.33. The minimum Gasteiger partial charge on any atom is -0.352 e. The summed E-state index contributed by atoms with van der Waals surface area (Å²) in [4.78, 5) is 10.4. The van der Waals surface area contributed by atoms with E-state index in [4.69, 9.17) is 0 Å². The van der Waals surface area contributed by atoms with Crippen molar-refractivity contribution in [1.29, 1.82) is 0 Å². The monoisotopic (exact) mass is 125 g/mol. The number of amides is 1. The second-order valence-corrected chi connectivity index (χ2v) is 2.47. The zero-order chi connectivity index (χ0) is 6.85. The third kappa shape index (κ3) is 1.12. The fourth-order valence-corrected chi connectivity index (χ4v) is 0.867. The molecule has 0 aromatic rings. The lowest BCUT2D eigenvalue weighted by atomic mass is 9.93. The molecule has 50 valence electrons. The molecule has 0 aromatic carbocycles. The van der Waals surface area contributed by atoms with Crippen molar-refractivity contribution < 1.29 is 4.79 Å². The lowest BCUT2D eigenvalue weighted by Gasteiger charge is -2.30. The van der Waals surface area contributed by atoms with Gasteiger partial charge in [0.15, 0.2) is 0 Å². The Kier molecular flexibility index (Phi) is 1.56.